The van der Waals surface area contributed by atoms with Crippen molar-refractivity contribution in [1.29, 1.82) is 0 Å². The van der Waals surface area contributed by atoms with Gasteiger partial charge in [0.25, 0.3) is 0 Å². The maximum absolute atomic E-state index is 4.81. The quantitative estimate of drug-likeness (QED) is 0.577. The summed E-state index contributed by atoms with van der Waals surface area (Å²) >= 11 is 1.61. The molecule has 4 rings (SSSR count). The second kappa shape index (κ2) is 7.62. The van der Waals surface area contributed by atoms with Crippen LogP contribution in [0, 0.1) is 13.8 Å². The zero-order valence-corrected chi connectivity index (χ0v) is 17.5. The van der Waals surface area contributed by atoms with E-state index in [-0.39, 0.29) is 0 Å². The van der Waals surface area contributed by atoms with Gasteiger partial charge in [0.15, 0.2) is 5.16 Å². The van der Waals surface area contributed by atoms with E-state index in [4.69, 9.17) is 9.97 Å². The van der Waals surface area contributed by atoms with Crippen LogP contribution < -0.4 is 9.80 Å². The molecule has 0 bridgehead atoms. The third-order valence-corrected chi connectivity index (χ3v) is 6.35. The lowest BCUT2D eigenvalue weighted by molar-refractivity contribution is 0.476. The Morgan fingerprint density at radius 2 is 1.81 bits per heavy atom. The van der Waals surface area contributed by atoms with Crippen LogP contribution in [0.3, 0.4) is 0 Å². The number of piperidine rings is 1. The van der Waals surface area contributed by atoms with E-state index in [1.165, 1.54) is 18.4 Å². The van der Waals surface area contributed by atoms with Crippen molar-refractivity contribution >= 4 is 23.4 Å². The molecule has 0 spiro atoms. The topological polar surface area (TPSA) is 58.0 Å². The Hall–Kier alpha value is -1.89. The first-order valence-corrected chi connectivity index (χ1v) is 11.0. The van der Waals surface area contributed by atoms with Crippen molar-refractivity contribution in [2.24, 2.45) is 0 Å². The highest BCUT2D eigenvalue weighted by Gasteiger charge is 2.29. The Bertz CT molecular complexity index is 814. The van der Waals surface area contributed by atoms with Gasteiger partial charge in [-0.05, 0) is 51.9 Å². The van der Waals surface area contributed by atoms with Crippen LogP contribution in [-0.2, 0) is 0 Å². The number of aryl methyl sites for hydroxylation is 1. The van der Waals surface area contributed by atoms with Crippen LogP contribution in [0.1, 0.15) is 48.7 Å². The lowest BCUT2D eigenvalue weighted by Crippen LogP contribution is -2.44. The maximum atomic E-state index is 4.81. The Kier molecular flexibility index (Phi) is 5.21. The Labute approximate surface area is 165 Å². The van der Waals surface area contributed by atoms with Crippen LogP contribution in [-0.4, -0.2) is 52.4 Å². The van der Waals surface area contributed by atoms with Gasteiger partial charge in [0, 0.05) is 49.6 Å². The summed E-state index contributed by atoms with van der Waals surface area (Å²) in [6, 6.07) is 2.55. The minimum atomic E-state index is 0.506. The first kappa shape index (κ1) is 18.5. The van der Waals surface area contributed by atoms with Crippen molar-refractivity contribution < 1.29 is 0 Å². The zero-order chi connectivity index (χ0) is 19.0. The lowest BCUT2D eigenvalue weighted by Gasteiger charge is -2.38. The van der Waals surface area contributed by atoms with Crippen LogP contribution in [0.25, 0.3) is 0 Å². The monoisotopic (exact) mass is 384 g/mol. The average molecular weight is 385 g/mol. The predicted octanol–water partition coefficient (Wildman–Crippen LogP) is 3.59. The highest BCUT2D eigenvalue weighted by molar-refractivity contribution is 7.98. The fourth-order valence-electron chi connectivity index (χ4n) is 3.74. The molecule has 0 atom stereocenters. The summed E-state index contributed by atoms with van der Waals surface area (Å²) < 4.78 is 0. The number of thioether (sulfide) groups is 1. The Morgan fingerprint density at radius 1 is 1.07 bits per heavy atom. The first-order valence-electron chi connectivity index (χ1n) is 9.76. The molecule has 2 fully saturated rings. The van der Waals surface area contributed by atoms with E-state index >= 15 is 0 Å². The summed E-state index contributed by atoms with van der Waals surface area (Å²) in [6.45, 7) is 6.24. The third kappa shape index (κ3) is 3.88. The number of rotatable bonds is 5. The van der Waals surface area contributed by atoms with Gasteiger partial charge >= 0.3 is 0 Å². The van der Waals surface area contributed by atoms with Crippen molar-refractivity contribution in [3.05, 3.63) is 29.3 Å². The molecule has 0 amide bonds. The van der Waals surface area contributed by atoms with E-state index in [1.54, 1.807) is 11.8 Å². The molecule has 0 N–H and O–H groups in total. The summed E-state index contributed by atoms with van der Waals surface area (Å²) in [5, 5.41) is 0.862. The molecule has 27 heavy (non-hydrogen) atoms. The van der Waals surface area contributed by atoms with E-state index in [1.807, 2.05) is 18.5 Å². The lowest BCUT2D eigenvalue weighted by atomic mass is 10.0. The van der Waals surface area contributed by atoms with E-state index in [0.717, 1.165) is 54.2 Å². The molecule has 1 saturated carbocycles. The van der Waals surface area contributed by atoms with Gasteiger partial charge in [0.2, 0.25) is 0 Å². The summed E-state index contributed by atoms with van der Waals surface area (Å²) in [7, 11) is 2.17. The van der Waals surface area contributed by atoms with Crippen LogP contribution in [0.15, 0.2) is 17.4 Å². The number of nitrogens with zero attached hydrogens (tertiary/aromatic N) is 6. The molecule has 0 radical (unpaired) electrons. The molecule has 1 saturated heterocycles. The molecule has 144 valence electrons. The zero-order valence-electron chi connectivity index (χ0n) is 16.6. The van der Waals surface area contributed by atoms with Gasteiger partial charge in [-0.25, -0.2) is 19.9 Å². The summed E-state index contributed by atoms with van der Waals surface area (Å²) in [6.07, 6.45) is 8.64. The first-order chi connectivity index (χ1) is 13.1. The SMILES string of the molecule is CSc1nc(C)c(C)c(N2CCC(N(C)c3ccnc(C4CC4)n3)CC2)n1. The molecule has 0 unspecified atom stereocenters. The minimum absolute atomic E-state index is 0.506. The minimum Gasteiger partial charge on any atom is -0.356 e. The van der Waals surface area contributed by atoms with E-state index in [2.05, 4.69) is 40.7 Å². The second-order valence-electron chi connectivity index (χ2n) is 7.62. The van der Waals surface area contributed by atoms with Gasteiger partial charge in [0.1, 0.15) is 17.5 Å². The molecule has 1 aliphatic heterocycles. The molecular weight excluding hydrogens is 356 g/mol. The molecule has 0 aromatic carbocycles. The summed E-state index contributed by atoms with van der Waals surface area (Å²) in [5.41, 5.74) is 2.28. The van der Waals surface area contributed by atoms with E-state index in [0.29, 0.717) is 12.0 Å². The normalized spacial score (nSPS) is 18.0. The number of hydrogen-bond acceptors (Lipinski definition) is 7. The third-order valence-electron chi connectivity index (χ3n) is 5.80. The van der Waals surface area contributed by atoms with Gasteiger partial charge < -0.3 is 9.80 Å². The second-order valence-corrected chi connectivity index (χ2v) is 8.39. The van der Waals surface area contributed by atoms with Crippen LogP contribution in [0.5, 0.6) is 0 Å². The maximum Gasteiger partial charge on any atom is 0.189 e. The standard InChI is InChI=1S/C20H28N6S/c1-13-14(2)22-20(27-4)24-19(13)26-11-8-16(9-12-26)25(3)17-7-10-21-18(23-17)15-5-6-15/h7,10,15-16H,5-6,8-9,11-12H2,1-4H3. The van der Waals surface area contributed by atoms with Gasteiger partial charge in [-0.3, -0.25) is 0 Å². The summed E-state index contributed by atoms with van der Waals surface area (Å²) in [5.74, 6) is 3.78. The molecule has 2 aromatic rings. The highest BCUT2D eigenvalue weighted by Crippen LogP contribution is 2.38. The van der Waals surface area contributed by atoms with Crippen LogP contribution in [0.4, 0.5) is 11.6 Å². The smallest absolute Gasteiger partial charge is 0.189 e. The molecular formula is C20H28N6S. The van der Waals surface area contributed by atoms with Gasteiger partial charge in [0.05, 0.1) is 0 Å². The molecule has 1 aliphatic carbocycles. The van der Waals surface area contributed by atoms with Gasteiger partial charge in [-0.15, -0.1) is 0 Å². The van der Waals surface area contributed by atoms with Crippen molar-refractivity contribution in [3.8, 4) is 0 Å². The van der Waals surface area contributed by atoms with E-state index in [9.17, 15) is 0 Å². The molecule has 7 heteroatoms. The van der Waals surface area contributed by atoms with Crippen LogP contribution >= 0.6 is 11.8 Å². The number of hydrogen-bond donors (Lipinski definition) is 0. The largest absolute Gasteiger partial charge is 0.356 e. The fourth-order valence-corrected chi connectivity index (χ4v) is 4.14. The Balaban J connectivity index is 1.44. The average Bonchev–Trinajstić information content (AvgIpc) is 3.55. The van der Waals surface area contributed by atoms with Gasteiger partial charge in [-0.2, -0.15) is 0 Å². The van der Waals surface area contributed by atoms with Gasteiger partial charge in [-0.1, -0.05) is 11.8 Å². The number of anilines is 2. The number of aromatic nitrogens is 4. The molecule has 2 aliphatic rings. The molecule has 2 aromatic heterocycles. The van der Waals surface area contributed by atoms with Crippen molar-refractivity contribution in [2.75, 3.05) is 36.2 Å². The molecule has 6 nitrogen and oxygen atoms in total. The Morgan fingerprint density at radius 3 is 2.48 bits per heavy atom. The highest BCUT2D eigenvalue weighted by atomic mass is 32.2. The summed E-state index contributed by atoms with van der Waals surface area (Å²) in [4.78, 5) is 23.4. The van der Waals surface area contributed by atoms with Crippen molar-refractivity contribution in [1.82, 2.24) is 19.9 Å². The molecule has 3 heterocycles. The van der Waals surface area contributed by atoms with E-state index < -0.39 is 0 Å². The van der Waals surface area contributed by atoms with Crippen LogP contribution in [0.2, 0.25) is 0 Å². The fraction of sp³-hybridized carbons (Fsp3) is 0.600. The van der Waals surface area contributed by atoms with Crippen molar-refractivity contribution in [2.45, 2.75) is 56.6 Å². The van der Waals surface area contributed by atoms with Crippen molar-refractivity contribution in [3.63, 3.8) is 0 Å². The predicted molar refractivity (Wildman–Crippen MR) is 111 cm³/mol.